The molecule has 0 bridgehead atoms. The predicted molar refractivity (Wildman–Crippen MR) is 69.3 cm³/mol. The van der Waals surface area contributed by atoms with Crippen LogP contribution in [0.25, 0.3) is 0 Å². The molecule has 1 fully saturated rings. The van der Waals surface area contributed by atoms with Crippen molar-refractivity contribution in [1.29, 1.82) is 0 Å². The number of aryl methyl sites for hydroxylation is 1. The molecule has 2 nitrogen and oxygen atoms in total. The Morgan fingerprint density at radius 3 is 2.76 bits per heavy atom. The van der Waals surface area contributed by atoms with Crippen LogP contribution in [0.5, 0.6) is 5.75 Å². The monoisotopic (exact) mass is 231 g/mol. The molecule has 1 heterocycles. The lowest BCUT2D eigenvalue weighted by molar-refractivity contribution is 0.454. The van der Waals surface area contributed by atoms with E-state index in [1.807, 2.05) is 6.07 Å². The number of benzene rings is 1. The maximum atomic E-state index is 10.2. The van der Waals surface area contributed by atoms with E-state index in [1.165, 1.54) is 55.2 Å². The predicted octanol–water partition coefficient (Wildman–Crippen LogP) is 3.09. The van der Waals surface area contributed by atoms with E-state index in [0.29, 0.717) is 11.8 Å². The van der Waals surface area contributed by atoms with E-state index in [-0.39, 0.29) is 0 Å². The van der Waals surface area contributed by atoms with Crippen molar-refractivity contribution in [2.45, 2.75) is 51.0 Å². The van der Waals surface area contributed by atoms with Gasteiger partial charge in [-0.3, -0.25) is 0 Å². The molecule has 2 aliphatic rings. The minimum Gasteiger partial charge on any atom is -0.508 e. The van der Waals surface area contributed by atoms with Crippen molar-refractivity contribution in [2.75, 3.05) is 6.54 Å². The van der Waals surface area contributed by atoms with Crippen LogP contribution in [-0.2, 0) is 12.8 Å². The minimum atomic E-state index is 0.392. The van der Waals surface area contributed by atoms with Crippen molar-refractivity contribution in [3.63, 3.8) is 0 Å². The molecule has 17 heavy (non-hydrogen) atoms. The summed E-state index contributed by atoms with van der Waals surface area (Å²) in [5.74, 6) is 0.505. The van der Waals surface area contributed by atoms with Crippen LogP contribution in [0.2, 0.25) is 0 Å². The summed E-state index contributed by atoms with van der Waals surface area (Å²) < 4.78 is 0. The van der Waals surface area contributed by atoms with Crippen LogP contribution in [0, 0.1) is 0 Å². The summed E-state index contributed by atoms with van der Waals surface area (Å²) in [6.07, 6.45) is 8.64. The molecule has 0 saturated carbocycles. The molecule has 2 heteroatoms. The molecular formula is C15H21NO. The molecule has 0 aromatic heterocycles. The van der Waals surface area contributed by atoms with Gasteiger partial charge in [-0.1, -0.05) is 12.5 Å². The number of hydrogen-bond donors (Lipinski definition) is 2. The Labute approximate surface area is 103 Å². The standard InChI is InChI=1S/C15H21NO/c17-14-9-8-11-5-2-1-3-6-12(11)15(14)13-7-4-10-16-13/h8-9,13,16-17H,1-7,10H2. The number of rotatable bonds is 1. The number of phenols is 1. The summed E-state index contributed by atoms with van der Waals surface area (Å²) >= 11 is 0. The van der Waals surface area contributed by atoms with Crippen LogP contribution < -0.4 is 5.32 Å². The fourth-order valence-electron chi connectivity index (χ4n) is 3.34. The normalized spacial score (nSPS) is 24.4. The van der Waals surface area contributed by atoms with Crippen LogP contribution >= 0.6 is 0 Å². The van der Waals surface area contributed by atoms with Gasteiger partial charge in [0, 0.05) is 11.6 Å². The summed E-state index contributed by atoms with van der Waals surface area (Å²) in [6, 6.07) is 4.43. The molecule has 0 radical (unpaired) electrons. The highest BCUT2D eigenvalue weighted by Crippen LogP contribution is 2.37. The SMILES string of the molecule is Oc1ccc2c(c1C1CCCN1)CCCCC2. The van der Waals surface area contributed by atoms with E-state index < -0.39 is 0 Å². The van der Waals surface area contributed by atoms with Gasteiger partial charge in [0.25, 0.3) is 0 Å². The van der Waals surface area contributed by atoms with Gasteiger partial charge in [0.2, 0.25) is 0 Å². The lowest BCUT2D eigenvalue weighted by atomic mass is 9.91. The van der Waals surface area contributed by atoms with Gasteiger partial charge in [-0.25, -0.2) is 0 Å². The molecule has 1 atom stereocenters. The lowest BCUT2D eigenvalue weighted by Gasteiger charge is -2.19. The summed E-state index contributed by atoms with van der Waals surface area (Å²) in [5.41, 5.74) is 4.13. The molecule has 0 spiro atoms. The Balaban J connectivity index is 2.05. The topological polar surface area (TPSA) is 32.3 Å². The second-order valence-electron chi connectivity index (χ2n) is 5.35. The Hall–Kier alpha value is -1.02. The van der Waals surface area contributed by atoms with E-state index in [2.05, 4.69) is 11.4 Å². The van der Waals surface area contributed by atoms with Crippen molar-refractivity contribution in [1.82, 2.24) is 5.32 Å². The smallest absolute Gasteiger partial charge is 0.120 e. The molecule has 1 aromatic carbocycles. The van der Waals surface area contributed by atoms with Crippen LogP contribution in [0.3, 0.4) is 0 Å². The van der Waals surface area contributed by atoms with Crippen molar-refractivity contribution >= 4 is 0 Å². The van der Waals surface area contributed by atoms with Gasteiger partial charge in [-0.2, -0.15) is 0 Å². The first-order valence-electron chi connectivity index (χ1n) is 6.93. The van der Waals surface area contributed by atoms with E-state index in [0.717, 1.165) is 13.0 Å². The summed E-state index contributed by atoms with van der Waals surface area (Å²) in [5, 5.41) is 13.7. The highest BCUT2D eigenvalue weighted by Gasteiger charge is 2.24. The Bertz CT molecular complexity index is 408. The van der Waals surface area contributed by atoms with E-state index >= 15 is 0 Å². The highest BCUT2D eigenvalue weighted by molar-refractivity contribution is 5.47. The van der Waals surface area contributed by atoms with Gasteiger partial charge in [-0.15, -0.1) is 0 Å². The number of nitrogens with one attached hydrogen (secondary N) is 1. The first kappa shape index (κ1) is 11.1. The van der Waals surface area contributed by atoms with E-state index in [9.17, 15) is 5.11 Å². The molecule has 1 unspecified atom stereocenters. The van der Waals surface area contributed by atoms with Crippen LogP contribution in [0.1, 0.15) is 54.8 Å². The average Bonchev–Trinajstić information content (AvgIpc) is 2.74. The maximum absolute atomic E-state index is 10.2. The van der Waals surface area contributed by atoms with Gasteiger partial charge >= 0.3 is 0 Å². The zero-order valence-corrected chi connectivity index (χ0v) is 10.3. The summed E-state index contributed by atoms with van der Waals surface area (Å²) in [6.45, 7) is 1.09. The third-order valence-electron chi connectivity index (χ3n) is 4.21. The molecule has 1 saturated heterocycles. The first-order chi connectivity index (χ1) is 8.36. The molecule has 3 rings (SSSR count). The highest BCUT2D eigenvalue weighted by atomic mass is 16.3. The molecule has 1 aromatic rings. The number of fused-ring (bicyclic) bond motifs is 1. The first-order valence-corrected chi connectivity index (χ1v) is 6.93. The Kier molecular flexibility index (Phi) is 3.06. The average molecular weight is 231 g/mol. The summed E-state index contributed by atoms with van der Waals surface area (Å²) in [7, 11) is 0. The van der Waals surface area contributed by atoms with Crippen molar-refractivity contribution in [3.8, 4) is 5.75 Å². The molecule has 0 amide bonds. The van der Waals surface area contributed by atoms with Gasteiger partial charge in [-0.05, 0) is 62.3 Å². The molecule has 1 aliphatic carbocycles. The van der Waals surface area contributed by atoms with Crippen LogP contribution in [0.15, 0.2) is 12.1 Å². The molecule has 92 valence electrons. The number of phenolic OH excluding ortho intramolecular Hbond substituents is 1. The van der Waals surface area contributed by atoms with Crippen LogP contribution in [0.4, 0.5) is 0 Å². The third-order valence-corrected chi connectivity index (χ3v) is 4.21. The fourth-order valence-corrected chi connectivity index (χ4v) is 3.34. The molecular weight excluding hydrogens is 210 g/mol. The van der Waals surface area contributed by atoms with Crippen molar-refractivity contribution < 1.29 is 5.11 Å². The molecule has 2 N–H and O–H groups in total. The van der Waals surface area contributed by atoms with Gasteiger partial charge in [0.1, 0.15) is 5.75 Å². The van der Waals surface area contributed by atoms with E-state index in [1.54, 1.807) is 0 Å². The van der Waals surface area contributed by atoms with Crippen molar-refractivity contribution in [3.05, 3.63) is 28.8 Å². The largest absolute Gasteiger partial charge is 0.508 e. The fraction of sp³-hybridized carbons (Fsp3) is 0.600. The van der Waals surface area contributed by atoms with Gasteiger partial charge in [0.05, 0.1) is 0 Å². The van der Waals surface area contributed by atoms with Gasteiger partial charge < -0.3 is 10.4 Å². The minimum absolute atomic E-state index is 0.392. The van der Waals surface area contributed by atoms with Gasteiger partial charge in [0.15, 0.2) is 0 Å². The zero-order valence-electron chi connectivity index (χ0n) is 10.3. The Morgan fingerprint density at radius 2 is 1.94 bits per heavy atom. The van der Waals surface area contributed by atoms with Crippen LogP contribution in [-0.4, -0.2) is 11.7 Å². The second kappa shape index (κ2) is 4.69. The number of aromatic hydroxyl groups is 1. The summed E-state index contributed by atoms with van der Waals surface area (Å²) in [4.78, 5) is 0. The zero-order chi connectivity index (χ0) is 11.7. The molecule has 1 aliphatic heterocycles. The third kappa shape index (κ3) is 2.06. The maximum Gasteiger partial charge on any atom is 0.120 e. The van der Waals surface area contributed by atoms with Crippen molar-refractivity contribution in [2.24, 2.45) is 0 Å². The number of hydrogen-bond acceptors (Lipinski definition) is 2. The lowest BCUT2D eigenvalue weighted by Crippen LogP contribution is -2.15. The Morgan fingerprint density at radius 1 is 1.06 bits per heavy atom. The second-order valence-corrected chi connectivity index (χ2v) is 5.35. The quantitative estimate of drug-likeness (QED) is 0.728. The van der Waals surface area contributed by atoms with E-state index in [4.69, 9.17) is 0 Å².